The molecule has 1 aliphatic rings. The predicted molar refractivity (Wildman–Crippen MR) is 45.7 cm³/mol. The average Bonchev–Trinajstić information content (AvgIpc) is 2.69. The van der Waals surface area contributed by atoms with Crippen LogP contribution in [-0.2, 0) is 0 Å². The zero-order valence-corrected chi connectivity index (χ0v) is 8.38. The molecule has 88 valence electrons. The van der Waals surface area contributed by atoms with E-state index in [0.717, 1.165) is 0 Å². The molecule has 1 rings (SSSR count). The Balaban J connectivity index is 2.92. The van der Waals surface area contributed by atoms with Gasteiger partial charge in [0.15, 0.2) is 5.83 Å². The lowest BCUT2D eigenvalue weighted by Gasteiger charge is -2.32. The highest BCUT2D eigenvalue weighted by Crippen LogP contribution is 2.44. The SMILES string of the molecule is F/C(=C\Cl)C(F)(F)C(F)(F)N1CCCC1. The monoisotopic (exact) mass is 249 g/mol. The molecule has 0 unspecified atom stereocenters. The fourth-order valence-corrected chi connectivity index (χ4v) is 1.55. The van der Waals surface area contributed by atoms with Crippen LogP contribution < -0.4 is 0 Å². The second-order valence-corrected chi connectivity index (χ2v) is 3.49. The van der Waals surface area contributed by atoms with Crippen LogP contribution in [-0.4, -0.2) is 30.0 Å². The van der Waals surface area contributed by atoms with E-state index < -0.39 is 17.8 Å². The number of rotatable bonds is 3. The third-order valence-corrected chi connectivity index (χ3v) is 2.47. The van der Waals surface area contributed by atoms with Crippen molar-refractivity contribution in [1.82, 2.24) is 4.90 Å². The zero-order valence-electron chi connectivity index (χ0n) is 7.62. The molecule has 0 spiro atoms. The molecule has 0 aliphatic carbocycles. The molecule has 7 heteroatoms. The molecular weight excluding hydrogens is 241 g/mol. The number of hydrogen-bond donors (Lipinski definition) is 0. The fourth-order valence-electron chi connectivity index (χ4n) is 1.41. The molecule has 15 heavy (non-hydrogen) atoms. The summed E-state index contributed by atoms with van der Waals surface area (Å²) in [5.74, 6) is -7.19. The quantitative estimate of drug-likeness (QED) is 0.548. The van der Waals surface area contributed by atoms with E-state index in [2.05, 4.69) is 11.6 Å². The van der Waals surface area contributed by atoms with Crippen LogP contribution in [0.1, 0.15) is 12.8 Å². The summed E-state index contributed by atoms with van der Waals surface area (Å²) in [5.41, 5.74) is -0.163. The first-order valence-electron chi connectivity index (χ1n) is 4.31. The van der Waals surface area contributed by atoms with E-state index in [1.165, 1.54) is 0 Å². The first-order chi connectivity index (χ1) is 6.84. The topological polar surface area (TPSA) is 3.24 Å². The van der Waals surface area contributed by atoms with Gasteiger partial charge >= 0.3 is 12.0 Å². The van der Waals surface area contributed by atoms with Crippen LogP contribution in [0.2, 0.25) is 0 Å². The van der Waals surface area contributed by atoms with E-state index in [9.17, 15) is 22.0 Å². The Morgan fingerprint density at radius 1 is 1.13 bits per heavy atom. The maximum Gasteiger partial charge on any atom is 0.376 e. The minimum absolute atomic E-state index is 0.163. The Hall–Kier alpha value is -0.360. The van der Waals surface area contributed by atoms with Gasteiger partial charge in [-0.3, -0.25) is 0 Å². The molecule has 1 nitrogen and oxygen atoms in total. The molecule has 0 atom stereocenters. The van der Waals surface area contributed by atoms with E-state index >= 15 is 0 Å². The van der Waals surface area contributed by atoms with Crippen LogP contribution in [0.5, 0.6) is 0 Å². The van der Waals surface area contributed by atoms with Crippen molar-refractivity contribution >= 4 is 11.6 Å². The molecule has 0 radical (unpaired) electrons. The van der Waals surface area contributed by atoms with Gasteiger partial charge in [-0.2, -0.15) is 17.6 Å². The van der Waals surface area contributed by atoms with Gasteiger partial charge in [0, 0.05) is 18.6 Å². The van der Waals surface area contributed by atoms with Crippen molar-refractivity contribution in [2.75, 3.05) is 13.1 Å². The first-order valence-corrected chi connectivity index (χ1v) is 4.74. The maximum atomic E-state index is 13.2. The molecular formula is C8H9ClF5N. The first kappa shape index (κ1) is 12.7. The third-order valence-electron chi connectivity index (χ3n) is 2.28. The summed E-state index contributed by atoms with van der Waals surface area (Å²) in [5, 5.41) is 0. The molecule has 0 aromatic rings. The summed E-state index contributed by atoms with van der Waals surface area (Å²) in [4.78, 5) is 0.271. The highest BCUT2D eigenvalue weighted by Gasteiger charge is 2.63. The van der Waals surface area contributed by atoms with E-state index in [-0.39, 0.29) is 23.5 Å². The minimum atomic E-state index is -4.88. The van der Waals surface area contributed by atoms with Gasteiger partial charge < -0.3 is 0 Å². The molecule has 0 bridgehead atoms. The van der Waals surface area contributed by atoms with E-state index in [1.54, 1.807) is 0 Å². The van der Waals surface area contributed by atoms with Crippen molar-refractivity contribution in [2.45, 2.75) is 24.8 Å². The van der Waals surface area contributed by atoms with Gasteiger partial charge in [0.1, 0.15) is 0 Å². The minimum Gasteiger partial charge on any atom is -0.239 e. The van der Waals surface area contributed by atoms with Crippen molar-refractivity contribution in [3.63, 3.8) is 0 Å². The normalized spacial score (nSPS) is 21.1. The second-order valence-electron chi connectivity index (χ2n) is 3.27. The lowest BCUT2D eigenvalue weighted by atomic mass is 10.2. The second kappa shape index (κ2) is 4.25. The van der Waals surface area contributed by atoms with Crippen molar-refractivity contribution in [3.8, 4) is 0 Å². The largest absolute Gasteiger partial charge is 0.376 e. The van der Waals surface area contributed by atoms with Crippen molar-refractivity contribution in [2.24, 2.45) is 0 Å². The number of likely N-dealkylation sites (tertiary alicyclic amines) is 1. The molecule has 1 heterocycles. The summed E-state index contributed by atoms with van der Waals surface area (Å²) in [6, 6.07) is -4.53. The summed E-state index contributed by atoms with van der Waals surface area (Å²) in [7, 11) is 0. The maximum absolute atomic E-state index is 13.2. The lowest BCUT2D eigenvalue weighted by Crippen LogP contribution is -2.53. The van der Waals surface area contributed by atoms with E-state index in [1.807, 2.05) is 0 Å². The molecule has 0 N–H and O–H groups in total. The molecule has 0 aromatic heterocycles. The van der Waals surface area contributed by atoms with Crippen LogP contribution >= 0.6 is 11.6 Å². The summed E-state index contributed by atoms with van der Waals surface area (Å²) < 4.78 is 64.7. The van der Waals surface area contributed by atoms with Gasteiger partial charge in [-0.15, -0.1) is 0 Å². The van der Waals surface area contributed by atoms with Crippen molar-refractivity contribution in [3.05, 3.63) is 11.4 Å². The predicted octanol–water partition coefficient (Wildman–Crippen LogP) is 3.36. The van der Waals surface area contributed by atoms with Crippen molar-refractivity contribution < 1.29 is 22.0 Å². The van der Waals surface area contributed by atoms with Crippen LogP contribution in [0.15, 0.2) is 11.4 Å². The summed E-state index contributed by atoms with van der Waals surface area (Å²) >= 11 is 4.68. The van der Waals surface area contributed by atoms with Gasteiger partial charge in [-0.1, -0.05) is 11.6 Å². The van der Waals surface area contributed by atoms with Gasteiger partial charge in [0.2, 0.25) is 0 Å². The van der Waals surface area contributed by atoms with Gasteiger partial charge in [-0.05, 0) is 12.8 Å². The van der Waals surface area contributed by atoms with Gasteiger partial charge in [0.05, 0.1) is 0 Å². The van der Waals surface area contributed by atoms with Gasteiger partial charge in [0.25, 0.3) is 0 Å². The smallest absolute Gasteiger partial charge is 0.239 e. The van der Waals surface area contributed by atoms with Crippen LogP contribution in [0.4, 0.5) is 22.0 Å². The van der Waals surface area contributed by atoms with Crippen LogP contribution in [0.25, 0.3) is 0 Å². The molecule has 1 saturated heterocycles. The number of halogens is 6. The van der Waals surface area contributed by atoms with Crippen molar-refractivity contribution in [1.29, 1.82) is 0 Å². The molecule has 1 aliphatic heterocycles. The highest BCUT2D eigenvalue weighted by atomic mass is 35.5. The lowest BCUT2D eigenvalue weighted by molar-refractivity contribution is -0.269. The van der Waals surface area contributed by atoms with E-state index in [0.29, 0.717) is 12.8 Å². The van der Waals surface area contributed by atoms with Crippen LogP contribution in [0, 0.1) is 0 Å². The number of hydrogen-bond acceptors (Lipinski definition) is 1. The summed E-state index contributed by atoms with van der Waals surface area (Å²) in [6.45, 7) is -0.337. The Bertz CT molecular complexity index is 260. The molecule has 0 aromatic carbocycles. The highest BCUT2D eigenvalue weighted by molar-refractivity contribution is 6.25. The zero-order chi connectivity index (χ0) is 11.7. The Labute approximate surface area is 88.5 Å². The molecule has 0 saturated carbocycles. The van der Waals surface area contributed by atoms with Gasteiger partial charge in [-0.25, -0.2) is 9.29 Å². The Morgan fingerprint density at radius 2 is 1.60 bits per heavy atom. The molecule has 0 amide bonds. The number of alkyl halides is 4. The standard InChI is InChI=1S/C8H9ClF5N/c9-5-6(10)7(11,12)8(13,14)15-3-1-2-4-15/h5H,1-4H2/b6-5-. The fraction of sp³-hybridized carbons (Fsp3) is 0.750. The Kier molecular flexibility index (Phi) is 3.60. The third kappa shape index (κ3) is 2.10. The number of nitrogens with zero attached hydrogens (tertiary/aromatic N) is 1. The Morgan fingerprint density at radius 3 is 2.00 bits per heavy atom. The average molecular weight is 250 g/mol. The van der Waals surface area contributed by atoms with E-state index in [4.69, 9.17) is 0 Å². The summed E-state index contributed by atoms with van der Waals surface area (Å²) in [6.07, 6.45) is 0.801. The molecule has 1 fully saturated rings. The van der Waals surface area contributed by atoms with Crippen LogP contribution in [0.3, 0.4) is 0 Å².